The summed E-state index contributed by atoms with van der Waals surface area (Å²) < 4.78 is 5.52. The summed E-state index contributed by atoms with van der Waals surface area (Å²) in [6.07, 6.45) is 5.24. The molecule has 1 saturated heterocycles. The van der Waals surface area contributed by atoms with E-state index in [1.165, 1.54) is 5.56 Å². The first-order valence-electron chi connectivity index (χ1n) is 9.56. The van der Waals surface area contributed by atoms with Gasteiger partial charge >= 0.3 is 0 Å². The van der Waals surface area contributed by atoms with E-state index in [-0.39, 0.29) is 11.9 Å². The summed E-state index contributed by atoms with van der Waals surface area (Å²) in [6.45, 7) is 4.77. The van der Waals surface area contributed by atoms with Gasteiger partial charge in [0.25, 0.3) is 0 Å². The second kappa shape index (κ2) is 7.80. The van der Waals surface area contributed by atoms with Crippen LogP contribution in [-0.4, -0.2) is 27.5 Å². The topological polar surface area (TPSA) is 59.2 Å². The van der Waals surface area contributed by atoms with E-state index in [1.807, 2.05) is 73.4 Å². The van der Waals surface area contributed by atoms with Crippen molar-refractivity contribution in [2.45, 2.75) is 32.7 Å². The fraction of sp³-hybridized carbons (Fsp3) is 0.261. The highest BCUT2D eigenvalue weighted by atomic mass is 16.5. The molecule has 1 fully saturated rings. The SMILES string of the molecule is Cc1ccc(/C=C/C(=O)N2CCCC2c2nc(-c3cccc(C)c3)no2)cc1. The molecule has 5 heteroatoms. The normalized spacial score (nSPS) is 16.8. The van der Waals surface area contributed by atoms with Crippen molar-refractivity contribution in [2.75, 3.05) is 6.54 Å². The van der Waals surface area contributed by atoms with Gasteiger partial charge in [0.05, 0.1) is 0 Å². The molecule has 0 saturated carbocycles. The van der Waals surface area contributed by atoms with E-state index in [4.69, 9.17) is 4.52 Å². The molecule has 0 N–H and O–H groups in total. The maximum Gasteiger partial charge on any atom is 0.249 e. The number of aromatic nitrogens is 2. The molecule has 0 spiro atoms. The molecule has 142 valence electrons. The van der Waals surface area contributed by atoms with Gasteiger partial charge in [-0.3, -0.25) is 4.79 Å². The van der Waals surface area contributed by atoms with Gasteiger partial charge in [-0.15, -0.1) is 0 Å². The molecule has 1 aliphatic heterocycles. The van der Waals surface area contributed by atoms with Crippen molar-refractivity contribution in [3.8, 4) is 11.4 Å². The van der Waals surface area contributed by atoms with Gasteiger partial charge in [-0.1, -0.05) is 58.7 Å². The average molecular weight is 373 g/mol. The molecule has 2 heterocycles. The van der Waals surface area contributed by atoms with E-state index in [2.05, 4.69) is 10.1 Å². The van der Waals surface area contributed by atoms with Crippen LogP contribution in [0.3, 0.4) is 0 Å². The second-order valence-corrected chi connectivity index (χ2v) is 7.26. The lowest BCUT2D eigenvalue weighted by Crippen LogP contribution is -2.29. The highest BCUT2D eigenvalue weighted by Crippen LogP contribution is 2.32. The van der Waals surface area contributed by atoms with Crippen molar-refractivity contribution in [3.63, 3.8) is 0 Å². The second-order valence-electron chi connectivity index (χ2n) is 7.26. The van der Waals surface area contributed by atoms with E-state index >= 15 is 0 Å². The zero-order valence-electron chi connectivity index (χ0n) is 16.1. The Hall–Kier alpha value is -3.21. The molecule has 0 bridgehead atoms. The van der Waals surface area contributed by atoms with Crippen molar-refractivity contribution in [1.29, 1.82) is 0 Å². The van der Waals surface area contributed by atoms with E-state index in [1.54, 1.807) is 6.08 Å². The molecule has 3 aromatic rings. The minimum atomic E-state index is -0.166. The quantitative estimate of drug-likeness (QED) is 0.620. The van der Waals surface area contributed by atoms with Gasteiger partial charge in [0, 0.05) is 18.2 Å². The number of benzene rings is 2. The van der Waals surface area contributed by atoms with Crippen LogP contribution in [0.1, 0.15) is 41.5 Å². The van der Waals surface area contributed by atoms with Crippen LogP contribution in [0.2, 0.25) is 0 Å². The van der Waals surface area contributed by atoms with E-state index in [9.17, 15) is 4.79 Å². The van der Waals surface area contributed by atoms with E-state index in [0.717, 1.165) is 29.5 Å². The third-order valence-electron chi connectivity index (χ3n) is 5.03. The number of hydrogen-bond acceptors (Lipinski definition) is 4. The molecule has 2 aromatic carbocycles. The molecular weight excluding hydrogens is 350 g/mol. The lowest BCUT2D eigenvalue weighted by Gasteiger charge is -2.20. The van der Waals surface area contributed by atoms with E-state index < -0.39 is 0 Å². The zero-order chi connectivity index (χ0) is 19.5. The Bertz CT molecular complexity index is 1000. The van der Waals surface area contributed by atoms with Gasteiger partial charge in [-0.25, -0.2) is 0 Å². The zero-order valence-corrected chi connectivity index (χ0v) is 16.1. The number of hydrogen-bond donors (Lipinski definition) is 0. The van der Waals surface area contributed by atoms with Gasteiger partial charge in [-0.2, -0.15) is 4.98 Å². The Labute approximate surface area is 164 Å². The Morgan fingerprint density at radius 3 is 2.75 bits per heavy atom. The average Bonchev–Trinajstić information content (AvgIpc) is 3.36. The number of nitrogens with zero attached hydrogens (tertiary/aromatic N) is 3. The molecule has 0 radical (unpaired) electrons. The number of carbonyl (C=O) groups is 1. The maximum atomic E-state index is 12.7. The first kappa shape index (κ1) is 18.2. The van der Waals surface area contributed by atoms with Crippen LogP contribution in [0.4, 0.5) is 0 Å². The maximum absolute atomic E-state index is 12.7. The fourth-order valence-corrected chi connectivity index (χ4v) is 3.50. The van der Waals surface area contributed by atoms with Crippen molar-refractivity contribution in [2.24, 2.45) is 0 Å². The minimum absolute atomic E-state index is 0.0293. The number of amides is 1. The Balaban J connectivity index is 1.50. The molecular formula is C23H23N3O2. The molecule has 1 atom stereocenters. The standard InChI is InChI=1S/C23H23N3O2/c1-16-8-10-18(11-9-16)12-13-21(27)26-14-4-7-20(26)23-24-22(25-28-23)19-6-3-5-17(2)15-19/h3,5-6,8-13,15,20H,4,7,14H2,1-2H3/b13-12+. The van der Waals surface area contributed by atoms with Crippen molar-refractivity contribution in [3.05, 3.63) is 77.2 Å². The number of carbonyl (C=O) groups excluding carboxylic acids is 1. The largest absolute Gasteiger partial charge is 0.337 e. The van der Waals surface area contributed by atoms with Crippen LogP contribution in [0.25, 0.3) is 17.5 Å². The third-order valence-corrected chi connectivity index (χ3v) is 5.03. The Morgan fingerprint density at radius 1 is 1.14 bits per heavy atom. The van der Waals surface area contributed by atoms with Crippen LogP contribution in [-0.2, 0) is 4.79 Å². The minimum Gasteiger partial charge on any atom is -0.337 e. The van der Waals surface area contributed by atoms with Crippen LogP contribution in [0.5, 0.6) is 0 Å². The van der Waals surface area contributed by atoms with Gasteiger partial charge < -0.3 is 9.42 Å². The Morgan fingerprint density at radius 2 is 1.96 bits per heavy atom. The van der Waals surface area contributed by atoms with Gasteiger partial charge in [-0.05, 0) is 44.4 Å². The molecule has 0 aliphatic carbocycles. The summed E-state index contributed by atoms with van der Waals surface area (Å²) >= 11 is 0. The molecule has 1 aliphatic rings. The monoisotopic (exact) mass is 373 g/mol. The lowest BCUT2D eigenvalue weighted by atomic mass is 10.1. The first-order valence-corrected chi connectivity index (χ1v) is 9.56. The van der Waals surface area contributed by atoms with Gasteiger partial charge in [0.15, 0.2) is 0 Å². The van der Waals surface area contributed by atoms with Crippen LogP contribution in [0, 0.1) is 13.8 Å². The third kappa shape index (κ3) is 3.88. The smallest absolute Gasteiger partial charge is 0.249 e. The highest BCUT2D eigenvalue weighted by Gasteiger charge is 2.33. The first-order chi connectivity index (χ1) is 13.6. The molecule has 1 aromatic heterocycles. The molecule has 1 amide bonds. The van der Waals surface area contributed by atoms with Crippen molar-refractivity contribution >= 4 is 12.0 Å². The van der Waals surface area contributed by atoms with E-state index in [0.29, 0.717) is 18.3 Å². The molecule has 4 rings (SSSR count). The summed E-state index contributed by atoms with van der Waals surface area (Å²) in [4.78, 5) is 19.1. The van der Waals surface area contributed by atoms with Crippen LogP contribution >= 0.6 is 0 Å². The lowest BCUT2D eigenvalue weighted by molar-refractivity contribution is -0.127. The summed E-state index contributed by atoms with van der Waals surface area (Å²) in [7, 11) is 0. The van der Waals surface area contributed by atoms with Crippen LogP contribution in [0.15, 0.2) is 59.1 Å². The molecule has 28 heavy (non-hydrogen) atoms. The Kier molecular flexibility index (Phi) is 5.06. The molecule has 1 unspecified atom stereocenters. The number of rotatable bonds is 4. The van der Waals surface area contributed by atoms with Gasteiger partial charge in [0.2, 0.25) is 17.6 Å². The van der Waals surface area contributed by atoms with Crippen molar-refractivity contribution in [1.82, 2.24) is 15.0 Å². The van der Waals surface area contributed by atoms with Gasteiger partial charge in [0.1, 0.15) is 6.04 Å². The highest BCUT2D eigenvalue weighted by molar-refractivity contribution is 5.92. The number of aryl methyl sites for hydroxylation is 2. The van der Waals surface area contributed by atoms with Crippen LogP contribution < -0.4 is 0 Å². The van der Waals surface area contributed by atoms with Crippen molar-refractivity contribution < 1.29 is 9.32 Å². The predicted octanol–water partition coefficient (Wildman–Crippen LogP) is 4.73. The summed E-state index contributed by atoms with van der Waals surface area (Å²) in [5, 5.41) is 4.13. The summed E-state index contributed by atoms with van der Waals surface area (Å²) in [6, 6.07) is 15.9. The predicted molar refractivity (Wildman–Crippen MR) is 108 cm³/mol. The fourth-order valence-electron chi connectivity index (χ4n) is 3.50. The summed E-state index contributed by atoms with van der Waals surface area (Å²) in [5.74, 6) is 1.04. The molecule has 5 nitrogen and oxygen atoms in total. The summed E-state index contributed by atoms with van der Waals surface area (Å²) in [5.41, 5.74) is 4.27. The number of likely N-dealkylation sites (tertiary alicyclic amines) is 1.